The van der Waals surface area contributed by atoms with E-state index in [9.17, 15) is 4.79 Å². The number of carbonyl (C=O) groups excluding carboxylic acids is 1. The molecule has 2 heterocycles. The van der Waals surface area contributed by atoms with Crippen molar-refractivity contribution in [2.75, 3.05) is 26.2 Å². The molecule has 1 N–H and O–H groups in total. The van der Waals surface area contributed by atoms with Crippen molar-refractivity contribution >= 4 is 5.91 Å². The van der Waals surface area contributed by atoms with Crippen LogP contribution in [0, 0.1) is 5.92 Å². The van der Waals surface area contributed by atoms with Crippen molar-refractivity contribution in [2.45, 2.75) is 63.6 Å². The first-order valence-corrected chi connectivity index (χ1v) is 8.48. The van der Waals surface area contributed by atoms with E-state index in [2.05, 4.69) is 10.2 Å². The van der Waals surface area contributed by atoms with Crippen LogP contribution in [0.2, 0.25) is 0 Å². The molecule has 0 bridgehead atoms. The molecule has 1 atom stereocenters. The monoisotopic (exact) mass is 280 g/mol. The summed E-state index contributed by atoms with van der Waals surface area (Å²) in [5, 5.41) is 3.34. The summed E-state index contributed by atoms with van der Waals surface area (Å²) in [6.45, 7) is 3.73. The third-order valence-electron chi connectivity index (χ3n) is 5.09. The Hall–Kier alpha value is -0.610. The highest BCUT2D eigenvalue weighted by Crippen LogP contribution is 2.26. The quantitative estimate of drug-likeness (QED) is 0.859. The normalized spacial score (nSPS) is 29.8. The van der Waals surface area contributed by atoms with Crippen molar-refractivity contribution < 1.29 is 9.53 Å². The molecule has 0 aromatic rings. The predicted octanol–water partition coefficient (Wildman–Crippen LogP) is 1.94. The van der Waals surface area contributed by atoms with Crippen molar-refractivity contribution in [3.63, 3.8) is 0 Å². The first-order chi connectivity index (χ1) is 9.83. The molecule has 2 aliphatic heterocycles. The molecule has 0 radical (unpaired) electrons. The summed E-state index contributed by atoms with van der Waals surface area (Å²) in [7, 11) is 0. The second-order valence-electron chi connectivity index (χ2n) is 6.61. The lowest BCUT2D eigenvalue weighted by Crippen LogP contribution is -2.47. The van der Waals surface area contributed by atoms with Crippen LogP contribution in [0.4, 0.5) is 0 Å². The largest absolute Gasteiger partial charge is 0.375 e. The van der Waals surface area contributed by atoms with E-state index in [0.717, 1.165) is 51.9 Å². The number of nitrogens with zero attached hydrogens (tertiary/aromatic N) is 1. The number of hydrogen-bond acceptors (Lipinski definition) is 3. The second kappa shape index (κ2) is 6.90. The number of nitrogens with one attached hydrogen (secondary N) is 1. The van der Waals surface area contributed by atoms with Crippen molar-refractivity contribution in [3.8, 4) is 0 Å². The van der Waals surface area contributed by atoms with E-state index >= 15 is 0 Å². The highest BCUT2D eigenvalue weighted by atomic mass is 16.5. The van der Waals surface area contributed by atoms with E-state index in [1.807, 2.05) is 0 Å². The van der Waals surface area contributed by atoms with Crippen LogP contribution in [0.5, 0.6) is 0 Å². The Kier molecular flexibility index (Phi) is 4.94. The van der Waals surface area contributed by atoms with Gasteiger partial charge in [-0.05, 0) is 45.1 Å². The van der Waals surface area contributed by atoms with Gasteiger partial charge in [-0.15, -0.1) is 0 Å². The van der Waals surface area contributed by atoms with Crippen LogP contribution in [0.1, 0.15) is 51.4 Å². The van der Waals surface area contributed by atoms with Gasteiger partial charge in [-0.3, -0.25) is 4.79 Å². The molecule has 114 valence electrons. The molecular formula is C16H28N2O2. The van der Waals surface area contributed by atoms with Crippen LogP contribution in [-0.2, 0) is 9.53 Å². The van der Waals surface area contributed by atoms with Gasteiger partial charge in [0.2, 0.25) is 5.91 Å². The Bertz CT molecular complexity index is 314. The molecule has 4 heteroatoms. The average molecular weight is 280 g/mol. The minimum atomic E-state index is 0.219. The first kappa shape index (κ1) is 14.3. The zero-order chi connectivity index (χ0) is 13.8. The van der Waals surface area contributed by atoms with Crippen LogP contribution < -0.4 is 5.32 Å². The van der Waals surface area contributed by atoms with Crippen molar-refractivity contribution in [2.24, 2.45) is 5.92 Å². The van der Waals surface area contributed by atoms with Gasteiger partial charge < -0.3 is 15.0 Å². The highest BCUT2D eigenvalue weighted by Gasteiger charge is 2.30. The Morgan fingerprint density at radius 1 is 0.950 bits per heavy atom. The summed E-state index contributed by atoms with van der Waals surface area (Å²) < 4.78 is 6.18. The van der Waals surface area contributed by atoms with E-state index in [4.69, 9.17) is 4.74 Å². The number of piperidine rings is 2. The SMILES string of the molecule is O=C(C1CCCNC1)N1CCC(OC2CCCC2)CC1. The number of hydrogen-bond donors (Lipinski definition) is 1. The van der Waals surface area contributed by atoms with Crippen molar-refractivity contribution in [3.05, 3.63) is 0 Å². The lowest BCUT2D eigenvalue weighted by Gasteiger charge is -2.36. The van der Waals surface area contributed by atoms with Gasteiger partial charge in [0, 0.05) is 19.6 Å². The third-order valence-corrected chi connectivity index (χ3v) is 5.09. The summed E-state index contributed by atoms with van der Waals surface area (Å²) in [6, 6.07) is 0. The fourth-order valence-corrected chi connectivity index (χ4v) is 3.83. The number of carbonyl (C=O) groups is 1. The van der Waals surface area contributed by atoms with Gasteiger partial charge in [-0.25, -0.2) is 0 Å². The van der Waals surface area contributed by atoms with Crippen molar-refractivity contribution in [1.29, 1.82) is 0 Å². The van der Waals surface area contributed by atoms with Gasteiger partial charge in [0.15, 0.2) is 0 Å². The predicted molar refractivity (Wildman–Crippen MR) is 78.5 cm³/mol. The highest BCUT2D eigenvalue weighted by molar-refractivity contribution is 5.79. The molecule has 3 rings (SSSR count). The summed E-state index contributed by atoms with van der Waals surface area (Å²) in [4.78, 5) is 14.5. The summed E-state index contributed by atoms with van der Waals surface area (Å²) in [5.41, 5.74) is 0. The Labute approximate surface area is 122 Å². The van der Waals surface area contributed by atoms with Gasteiger partial charge in [-0.1, -0.05) is 12.8 Å². The standard InChI is InChI=1S/C16H28N2O2/c19-16(13-4-3-9-17-12-13)18-10-7-15(8-11-18)20-14-5-1-2-6-14/h13-15,17H,1-12H2. The summed E-state index contributed by atoms with van der Waals surface area (Å²) in [6.07, 6.45) is 10.3. The molecule has 3 fully saturated rings. The number of likely N-dealkylation sites (tertiary alicyclic amines) is 1. The van der Waals surface area contributed by atoms with Crippen molar-refractivity contribution in [1.82, 2.24) is 10.2 Å². The second-order valence-corrected chi connectivity index (χ2v) is 6.61. The van der Waals surface area contributed by atoms with E-state index in [0.29, 0.717) is 18.1 Å². The molecule has 0 spiro atoms. The number of ether oxygens (including phenoxy) is 1. The maximum Gasteiger partial charge on any atom is 0.226 e. The number of rotatable bonds is 3. The van der Waals surface area contributed by atoms with Crippen LogP contribution >= 0.6 is 0 Å². The van der Waals surface area contributed by atoms with Gasteiger partial charge in [0.05, 0.1) is 18.1 Å². The average Bonchev–Trinajstić information content (AvgIpc) is 3.01. The van der Waals surface area contributed by atoms with Crippen LogP contribution in [0.3, 0.4) is 0 Å². The van der Waals surface area contributed by atoms with Crippen LogP contribution in [0.15, 0.2) is 0 Å². The lowest BCUT2D eigenvalue weighted by atomic mass is 9.96. The maximum absolute atomic E-state index is 12.4. The van der Waals surface area contributed by atoms with Crippen LogP contribution in [-0.4, -0.2) is 49.2 Å². The topological polar surface area (TPSA) is 41.6 Å². The molecule has 2 saturated heterocycles. The molecule has 0 aromatic carbocycles. The van der Waals surface area contributed by atoms with Gasteiger partial charge in [0.25, 0.3) is 0 Å². The molecule has 1 amide bonds. The fourth-order valence-electron chi connectivity index (χ4n) is 3.83. The summed E-state index contributed by atoms with van der Waals surface area (Å²) in [5.74, 6) is 0.590. The van der Waals surface area contributed by atoms with E-state index < -0.39 is 0 Å². The molecule has 3 aliphatic rings. The molecule has 1 unspecified atom stereocenters. The minimum absolute atomic E-state index is 0.219. The fraction of sp³-hybridized carbons (Fsp3) is 0.938. The minimum Gasteiger partial charge on any atom is -0.375 e. The van der Waals surface area contributed by atoms with E-state index in [1.165, 1.54) is 25.7 Å². The molecule has 0 aromatic heterocycles. The molecule has 4 nitrogen and oxygen atoms in total. The molecule has 20 heavy (non-hydrogen) atoms. The maximum atomic E-state index is 12.4. The smallest absolute Gasteiger partial charge is 0.226 e. The van der Waals surface area contributed by atoms with E-state index in [-0.39, 0.29) is 5.92 Å². The van der Waals surface area contributed by atoms with Gasteiger partial charge >= 0.3 is 0 Å². The Morgan fingerprint density at radius 2 is 1.65 bits per heavy atom. The van der Waals surface area contributed by atoms with Gasteiger partial charge in [0.1, 0.15) is 0 Å². The molecular weight excluding hydrogens is 252 g/mol. The third kappa shape index (κ3) is 3.53. The molecule has 1 aliphatic carbocycles. The Balaban J connectivity index is 1.41. The van der Waals surface area contributed by atoms with Crippen LogP contribution in [0.25, 0.3) is 0 Å². The van der Waals surface area contributed by atoms with Gasteiger partial charge in [-0.2, -0.15) is 0 Å². The molecule has 1 saturated carbocycles. The summed E-state index contributed by atoms with van der Waals surface area (Å²) >= 11 is 0. The first-order valence-electron chi connectivity index (χ1n) is 8.48. The Morgan fingerprint density at radius 3 is 2.30 bits per heavy atom. The zero-order valence-electron chi connectivity index (χ0n) is 12.5. The van der Waals surface area contributed by atoms with E-state index in [1.54, 1.807) is 0 Å². The zero-order valence-corrected chi connectivity index (χ0v) is 12.5. The number of amides is 1. The lowest BCUT2D eigenvalue weighted by molar-refractivity contribution is -0.139.